The van der Waals surface area contributed by atoms with E-state index in [-0.39, 0.29) is 27.4 Å². The Labute approximate surface area is 233 Å². The Morgan fingerprint density at radius 3 is 1.85 bits per heavy atom. The predicted octanol–water partition coefficient (Wildman–Crippen LogP) is 7.15. The van der Waals surface area contributed by atoms with Crippen molar-refractivity contribution in [2.45, 2.75) is 26.4 Å². The van der Waals surface area contributed by atoms with E-state index >= 15 is 0 Å². The fourth-order valence-corrected chi connectivity index (χ4v) is 2.94. The highest BCUT2D eigenvalue weighted by Crippen LogP contribution is 2.23. The molecule has 13 heteroatoms. The molecule has 206 valence electrons. The first-order valence-corrected chi connectivity index (χ1v) is 11.9. The first-order chi connectivity index (χ1) is 18.3. The maximum atomic E-state index is 13.5. The van der Waals surface area contributed by atoms with Crippen LogP contribution in [0.1, 0.15) is 20.8 Å². The molecule has 4 rings (SSSR count). The number of rotatable bonds is 2. The second-order valence-corrected chi connectivity index (χ2v) is 9.24. The summed E-state index contributed by atoms with van der Waals surface area (Å²) < 4.78 is 44.2. The molecule has 1 aromatic carbocycles. The van der Waals surface area contributed by atoms with E-state index in [9.17, 15) is 18.0 Å². The lowest BCUT2D eigenvalue weighted by molar-refractivity contribution is 0.0635. The number of nitrogens with two attached hydrogens (primary N) is 2. The van der Waals surface area contributed by atoms with Crippen LogP contribution in [0, 0.1) is 17.5 Å². The molecule has 0 aliphatic heterocycles. The molecular formula is C26H25Cl2F3N6O2. The third-order valence-electron chi connectivity index (χ3n) is 4.33. The van der Waals surface area contributed by atoms with Gasteiger partial charge in [-0.3, -0.25) is 10.3 Å². The summed E-state index contributed by atoms with van der Waals surface area (Å²) in [6.45, 7) is 5.13. The van der Waals surface area contributed by atoms with Crippen LogP contribution in [0.4, 0.5) is 35.0 Å². The average Bonchev–Trinajstić information content (AvgIpc) is 2.87. The van der Waals surface area contributed by atoms with Gasteiger partial charge < -0.3 is 16.2 Å². The van der Waals surface area contributed by atoms with E-state index < -0.39 is 29.1 Å². The first-order valence-electron chi connectivity index (χ1n) is 11.1. The highest BCUT2D eigenvalue weighted by Gasteiger charge is 2.18. The van der Waals surface area contributed by atoms with Crippen LogP contribution >= 0.6 is 23.2 Å². The van der Waals surface area contributed by atoms with Gasteiger partial charge in [0.1, 0.15) is 11.3 Å². The van der Waals surface area contributed by atoms with Crippen molar-refractivity contribution in [3.8, 4) is 11.3 Å². The summed E-state index contributed by atoms with van der Waals surface area (Å²) in [5, 5.41) is 1.76. The van der Waals surface area contributed by atoms with Crippen LogP contribution in [0.15, 0.2) is 67.1 Å². The van der Waals surface area contributed by atoms with Crippen molar-refractivity contribution in [2.75, 3.05) is 16.8 Å². The summed E-state index contributed by atoms with van der Waals surface area (Å²) in [7, 11) is 0. The minimum atomic E-state index is -0.782. The maximum absolute atomic E-state index is 13.5. The van der Waals surface area contributed by atoms with E-state index in [0.717, 1.165) is 5.56 Å². The van der Waals surface area contributed by atoms with Gasteiger partial charge in [0.15, 0.2) is 27.8 Å². The number of nitrogens with one attached hydrogen (secondary N) is 1. The standard InChI is InChI=1S/C11H9FN2.C10H12ClFN2O2.C5H4ClFN2/c12-10-9(13)6-7-14-11(10)8-4-2-1-3-5-8;1-10(2,3)16-9(15)14-6-4-5-13-8(11)7(6)12;6-5-4(7)3(8)1-2-9-5/h1-7H,(H2,13,14);4-5H,1-3H3,(H,13,14,15);1-2H,(H2,8,9). The minimum absolute atomic E-state index is 0.0231. The number of carbonyl (C=O) groups is 1. The van der Waals surface area contributed by atoms with Gasteiger partial charge in [0.05, 0.1) is 17.1 Å². The lowest BCUT2D eigenvalue weighted by Gasteiger charge is -2.19. The Morgan fingerprint density at radius 1 is 0.795 bits per heavy atom. The second-order valence-electron chi connectivity index (χ2n) is 8.52. The van der Waals surface area contributed by atoms with Gasteiger partial charge in [0.2, 0.25) is 0 Å². The molecule has 0 saturated carbocycles. The molecule has 1 amide bonds. The summed E-state index contributed by atoms with van der Waals surface area (Å²) in [6, 6.07) is 13.2. The molecule has 0 fully saturated rings. The number of ether oxygens (including phenoxy) is 1. The lowest BCUT2D eigenvalue weighted by atomic mass is 10.1. The molecular weight excluding hydrogens is 556 g/mol. The maximum Gasteiger partial charge on any atom is 0.412 e. The van der Waals surface area contributed by atoms with E-state index in [2.05, 4.69) is 20.3 Å². The Bertz CT molecular complexity index is 1390. The number of pyridine rings is 3. The van der Waals surface area contributed by atoms with Crippen LogP contribution in [-0.2, 0) is 4.74 Å². The molecule has 0 atom stereocenters. The highest BCUT2D eigenvalue weighted by atomic mass is 35.5. The fraction of sp³-hybridized carbons (Fsp3) is 0.154. The summed E-state index contributed by atoms with van der Waals surface area (Å²) in [6.07, 6.45) is 3.40. The van der Waals surface area contributed by atoms with Crippen molar-refractivity contribution < 1.29 is 22.7 Å². The van der Waals surface area contributed by atoms with Crippen molar-refractivity contribution >= 4 is 46.4 Å². The average molecular weight is 581 g/mol. The Balaban J connectivity index is 0.000000213. The van der Waals surface area contributed by atoms with Crippen LogP contribution in [0.2, 0.25) is 10.3 Å². The van der Waals surface area contributed by atoms with Crippen molar-refractivity contribution in [2.24, 2.45) is 0 Å². The predicted molar refractivity (Wildman–Crippen MR) is 147 cm³/mol. The zero-order chi connectivity index (χ0) is 29.2. The van der Waals surface area contributed by atoms with Crippen molar-refractivity contribution in [3.63, 3.8) is 0 Å². The number of amides is 1. The Hall–Kier alpha value is -4.09. The molecule has 3 aromatic heterocycles. The molecule has 0 bridgehead atoms. The summed E-state index contributed by atoms with van der Waals surface area (Å²) >= 11 is 10.7. The summed E-state index contributed by atoms with van der Waals surface area (Å²) in [5.41, 5.74) is 11.0. The van der Waals surface area contributed by atoms with Crippen molar-refractivity contribution in [1.29, 1.82) is 0 Å². The fourth-order valence-electron chi connectivity index (χ4n) is 2.62. The smallest absolute Gasteiger partial charge is 0.412 e. The third-order valence-corrected chi connectivity index (χ3v) is 4.85. The molecule has 39 heavy (non-hydrogen) atoms. The van der Waals surface area contributed by atoms with Gasteiger partial charge in [-0.25, -0.2) is 27.9 Å². The lowest BCUT2D eigenvalue weighted by Crippen LogP contribution is -2.27. The molecule has 8 nitrogen and oxygen atoms in total. The normalized spacial score (nSPS) is 10.4. The van der Waals surface area contributed by atoms with Crippen LogP contribution in [0.3, 0.4) is 0 Å². The van der Waals surface area contributed by atoms with E-state index in [1.807, 2.05) is 18.2 Å². The Morgan fingerprint density at radius 2 is 1.31 bits per heavy atom. The number of halogens is 5. The minimum Gasteiger partial charge on any atom is -0.444 e. The highest BCUT2D eigenvalue weighted by molar-refractivity contribution is 6.30. The van der Waals surface area contributed by atoms with Crippen molar-refractivity contribution in [1.82, 2.24) is 15.0 Å². The molecule has 0 radical (unpaired) electrons. The number of carbonyl (C=O) groups excluding carboxylic acids is 1. The number of nitrogens with zero attached hydrogens (tertiary/aromatic N) is 3. The van der Waals surface area contributed by atoms with Gasteiger partial charge in [-0.15, -0.1) is 0 Å². The van der Waals surface area contributed by atoms with Gasteiger partial charge in [-0.1, -0.05) is 53.5 Å². The van der Waals surface area contributed by atoms with Gasteiger partial charge in [-0.05, 0) is 39.0 Å². The Kier molecular flexibility index (Phi) is 11.3. The molecule has 4 aromatic rings. The van der Waals surface area contributed by atoms with E-state index in [0.29, 0.717) is 5.69 Å². The van der Waals surface area contributed by atoms with E-state index in [4.69, 9.17) is 39.4 Å². The number of hydrogen-bond acceptors (Lipinski definition) is 7. The van der Waals surface area contributed by atoms with E-state index in [1.54, 1.807) is 32.9 Å². The zero-order valence-electron chi connectivity index (χ0n) is 21.1. The van der Waals surface area contributed by atoms with Crippen LogP contribution < -0.4 is 16.8 Å². The number of nitrogen functional groups attached to an aromatic ring is 2. The number of anilines is 3. The largest absolute Gasteiger partial charge is 0.444 e. The van der Waals surface area contributed by atoms with E-state index in [1.165, 1.54) is 36.8 Å². The third kappa shape index (κ3) is 9.95. The molecule has 0 spiro atoms. The van der Waals surface area contributed by atoms with Crippen LogP contribution in [0.5, 0.6) is 0 Å². The quantitative estimate of drug-likeness (QED) is 0.215. The van der Waals surface area contributed by atoms with Gasteiger partial charge in [0, 0.05) is 24.2 Å². The molecule has 5 N–H and O–H groups in total. The van der Waals surface area contributed by atoms with Crippen molar-refractivity contribution in [3.05, 3.63) is 94.9 Å². The van der Waals surface area contributed by atoms with Crippen LogP contribution in [-0.4, -0.2) is 26.6 Å². The monoisotopic (exact) mass is 580 g/mol. The SMILES string of the molecule is CC(C)(C)OC(=O)Nc1ccnc(Cl)c1F.Nc1ccnc(-c2ccccc2)c1F.Nc1ccnc(Cl)c1F. The number of aromatic nitrogens is 3. The second kappa shape index (κ2) is 14.2. The molecule has 0 saturated heterocycles. The van der Waals surface area contributed by atoms with Gasteiger partial charge in [-0.2, -0.15) is 0 Å². The molecule has 0 aliphatic carbocycles. The zero-order valence-corrected chi connectivity index (χ0v) is 22.6. The molecule has 0 unspecified atom stereocenters. The summed E-state index contributed by atoms with van der Waals surface area (Å²) in [5.74, 6) is -1.90. The first kappa shape index (κ1) is 31.1. The van der Waals surface area contributed by atoms with Gasteiger partial charge in [0.25, 0.3) is 0 Å². The molecule has 0 aliphatic rings. The van der Waals surface area contributed by atoms with Gasteiger partial charge >= 0.3 is 6.09 Å². The molecule has 3 heterocycles. The topological polar surface area (TPSA) is 129 Å². The summed E-state index contributed by atoms with van der Waals surface area (Å²) in [4.78, 5) is 22.3. The number of hydrogen-bond donors (Lipinski definition) is 3. The van der Waals surface area contributed by atoms with Crippen LogP contribution in [0.25, 0.3) is 11.3 Å². The number of benzene rings is 1.